The number of hydrogen-bond donors (Lipinski definition) is 2. The molecule has 2 rings (SSSR count). The Hall–Kier alpha value is -1.89. The van der Waals surface area contributed by atoms with Gasteiger partial charge >= 0.3 is 0 Å². The number of oxime groups is 1. The molecule has 0 bridgehead atoms. The van der Waals surface area contributed by atoms with Crippen molar-refractivity contribution >= 4 is 11.8 Å². The van der Waals surface area contributed by atoms with E-state index in [-0.39, 0.29) is 11.9 Å². The zero-order valence-corrected chi connectivity index (χ0v) is 12.0. The molecule has 1 aliphatic heterocycles. The maximum Gasteiger partial charge on any atom is 0.225 e. The van der Waals surface area contributed by atoms with Gasteiger partial charge in [-0.1, -0.05) is 12.1 Å². The fourth-order valence-corrected chi connectivity index (χ4v) is 2.50. The number of hydrogen-bond acceptors (Lipinski definition) is 6. The molecule has 1 aromatic heterocycles. The molecule has 1 atom stereocenters. The minimum absolute atomic E-state index is 0.00101. The molecule has 7 nitrogen and oxygen atoms in total. The molecule has 0 aromatic carbocycles. The minimum atomic E-state index is 0.00101. The summed E-state index contributed by atoms with van der Waals surface area (Å²) in [4.78, 5) is 13.1. The summed E-state index contributed by atoms with van der Waals surface area (Å²) in [6, 6.07) is 0.00101. The molecule has 1 saturated heterocycles. The quantitative estimate of drug-likeness (QED) is 0.359. The van der Waals surface area contributed by atoms with Crippen molar-refractivity contribution in [2.45, 2.75) is 26.3 Å². The highest BCUT2D eigenvalue weighted by molar-refractivity contribution is 5.85. The Kier molecular flexibility index (Phi) is 4.73. The number of aromatic nitrogens is 2. The molecule has 0 saturated carbocycles. The van der Waals surface area contributed by atoms with Crippen molar-refractivity contribution in [3.63, 3.8) is 0 Å². The molecule has 7 heteroatoms. The van der Waals surface area contributed by atoms with E-state index in [1.165, 1.54) is 0 Å². The van der Waals surface area contributed by atoms with Crippen LogP contribution in [0.1, 0.15) is 18.9 Å². The first-order valence-corrected chi connectivity index (χ1v) is 6.90. The SMILES string of the molecule is CCC(C(N)=NO)N1CCN(c2ncc(C)cn2)CC1. The fraction of sp³-hybridized carbons (Fsp3) is 0.615. The van der Waals surface area contributed by atoms with Gasteiger partial charge in [0.1, 0.15) is 0 Å². The van der Waals surface area contributed by atoms with Crippen LogP contribution in [0, 0.1) is 6.92 Å². The molecular weight excluding hydrogens is 256 g/mol. The van der Waals surface area contributed by atoms with Crippen LogP contribution in [0.15, 0.2) is 17.5 Å². The van der Waals surface area contributed by atoms with Gasteiger partial charge in [-0.25, -0.2) is 9.97 Å². The van der Waals surface area contributed by atoms with E-state index in [9.17, 15) is 0 Å². The summed E-state index contributed by atoms with van der Waals surface area (Å²) in [7, 11) is 0. The minimum Gasteiger partial charge on any atom is -0.409 e. The Morgan fingerprint density at radius 3 is 2.45 bits per heavy atom. The van der Waals surface area contributed by atoms with Crippen LogP contribution in [-0.4, -0.2) is 58.1 Å². The van der Waals surface area contributed by atoms with Crippen LogP contribution >= 0.6 is 0 Å². The predicted octanol–water partition coefficient (Wildman–Crippen LogP) is 0.432. The molecule has 0 radical (unpaired) electrons. The maximum atomic E-state index is 8.83. The second-order valence-corrected chi connectivity index (χ2v) is 5.03. The summed E-state index contributed by atoms with van der Waals surface area (Å²) < 4.78 is 0. The van der Waals surface area contributed by atoms with Crippen LogP contribution < -0.4 is 10.6 Å². The predicted molar refractivity (Wildman–Crippen MR) is 78.0 cm³/mol. The highest BCUT2D eigenvalue weighted by Gasteiger charge is 2.26. The molecule has 0 amide bonds. The zero-order valence-electron chi connectivity index (χ0n) is 12.0. The maximum absolute atomic E-state index is 8.83. The second kappa shape index (κ2) is 6.51. The number of nitrogens with two attached hydrogens (primary N) is 1. The Bertz CT molecular complexity index is 452. The van der Waals surface area contributed by atoms with E-state index < -0.39 is 0 Å². The number of rotatable bonds is 4. The van der Waals surface area contributed by atoms with Gasteiger partial charge in [0.2, 0.25) is 5.95 Å². The van der Waals surface area contributed by atoms with Crippen molar-refractivity contribution in [1.29, 1.82) is 0 Å². The molecule has 1 aliphatic rings. The molecule has 3 N–H and O–H groups in total. The lowest BCUT2D eigenvalue weighted by Crippen LogP contribution is -2.54. The van der Waals surface area contributed by atoms with Crippen molar-refractivity contribution in [3.05, 3.63) is 18.0 Å². The average molecular weight is 278 g/mol. The van der Waals surface area contributed by atoms with Gasteiger partial charge in [0.25, 0.3) is 0 Å². The summed E-state index contributed by atoms with van der Waals surface area (Å²) in [5.41, 5.74) is 6.80. The first-order valence-electron chi connectivity index (χ1n) is 6.90. The van der Waals surface area contributed by atoms with Gasteiger partial charge in [-0.15, -0.1) is 0 Å². The van der Waals surface area contributed by atoms with E-state index in [1.54, 1.807) is 0 Å². The largest absolute Gasteiger partial charge is 0.409 e. The summed E-state index contributed by atoms with van der Waals surface area (Å²) >= 11 is 0. The fourth-order valence-electron chi connectivity index (χ4n) is 2.50. The third kappa shape index (κ3) is 3.16. The van der Waals surface area contributed by atoms with Gasteiger partial charge in [0.15, 0.2) is 5.84 Å². The highest BCUT2D eigenvalue weighted by Crippen LogP contribution is 2.14. The number of aryl methyl sites for hydroxylation is 1. The summed E-state index contributed by atoms with van der Waals surface area (Å²) in [5.74, 6) is 1.06. The Balaban J connectivity index is 1.96. The molecule has 20 heavy (non-hydrogen) atoms. The van der Waals surface area contributed by atoms with E-state index in [2.05, 4.69) is 24.9 Å². The molecule has 1 aromatic rings. The number of nitrogens with zero attached hydrogens (tertiary/aromatic N) is 5. The zero-order chi connectivity index (χ0) is 14.5. The Labute approximate surface area is 119 Å². The van der Waals surface area contributed by atoms with E-state index in [1.807, 2.05) is 26.2 Å². The van der Waals surface area contributed by atoms with Crippen LogP contribution in [0.3, 0.4) is 0 Å². The van der Waals surface area contributed by atoms with Gasteiger partial charge in [-0.3, -0.25) is 4.90 Å². The first kappa shape index (κ1) is 14.5. The number of anilines is 1. The molecule has 1 unspecified atom stereocenters. The normalized spacial score (nSPS) is 19.1. The lowest BCUT2D eigenvalue weighted by atomic mass is 10.1. The number of amidine groups is 1. The van der Waals surface area contributed by atoms with Gasteiger partial charge in [0, 0.05) is 38.6 Å². The smallest absolute Gasteiger partial charge is 0.225 e. The highest BCUT2D eigenvalue weighted by atomic mass is 16.4. The van der Waals surface area contributed by atoms with Crippen LogP contribution in [0.4, 0.5) is 5.95 Å². The van der Waals surface area contributed by atoms with Gasteiger partial charge < -0.3 is 15.8 Å². The first-order chi connectivity index (χ1) is 9.65. The van der Waals surface area contributed by atoms with Crippen LogP contribution in [0.5, 0.6) is 0 Å². The molecule has 2 heterocycles. The van der Waals surface area contributed by atoms with E-state index in [0.717, 1.165) is 44.1 Å². The Morgan fingerprint density at radius 2 is 1.95 bits per heavy atom. The summed E-state index contributed by atoms with van der Waals surface area (Å²) in [6.07, 6.45) is 4.50. The standard InChI is InChI=1S/C13H22N6O/c1-3-11(12(14)17-20)18-4-6-19(7-5-18)13-15-8-10(2)9-16-13/h8-9,11,20H,3-7H2,1-2H3,(H2,14,17). The van der Waals surface area contributed by atoms with Crippen molar-refractivity contribution in [2.75, 3.05) is 31.1 Å². The molecule has 110 valence electrons. The molecule has 0 aliphatic carbocycles. The monoisotopic (exact) mass is 278 g/mol. The molecular formula is C13H22N6O. The van der Waals surface area contributed by atoms with Gasteiger partial charge in [-0.2, -0.15) is 0 Å². The van der Waals surface area contributed by atoms with Crippen LogP contribution in [0.25, 0.3) is 0 Å². The third-order valence-corrected chi connectivity index (χ3v) is 3.65. The Morgan fingerprint density at radius 1 is 1.35 bits per heavy atom. The van der Waals surface area contributed by atoms with E-state index in [0.29, 0.717) is 0 Å². The van der Waals surface area contributed by atoms with E-state index in [4.69, 9.17) is 10.9 Å². The second-order valence-electron chi connectivity index (χ2n) is 5.03. The van der Waals surface area contributed by atoms with Crippen LogP contribution in [-0.2, 0) is 0 Å². The summed E-state index contributed by atoms with van der Waals surface area (Å²) in [5, 5.41) is 12.0. The van der Waals surface area contributed by atoms with Crippen LogP contribution in [0.2, 0.25) is 0 Å². The topological polar surface area (TPSA) is 90.9 Å². The van der Waals surface area contributed by atoms with Crippen molar-refractivity contribution in [2.24, 2.45) is 10.9 Å². The lowest BCUT2D eigenvalue weighted by Gasteiger charge is -2.38. The van der Waals surface area contributed by atoms with Gasteiger partial charge in [-0.05, 0) is 18.9 Å². The average Bonchev–Trinajstić information content (AvgIpc) is 2.49. The summed E-state index contributed by atoms with van der Waals surface area (Å²) in [6.45, 7) is 7.41. The van der Waals surface area contributed by atoms with Crippen molar-refractivity contribution in [3.8, 4) is 0 Å². The molecule has 1 fully saturated rings. The van der Waals surface area contributed by atoms with Crippen molar-refractivity contribution in [1.82, 2.24) is 14.9 Å². The molecule has 0 spiro atoms. The van der Waals surface area contributed by atoms with Gasteiger partial charge in [0.05, 0.1) is 6.04 Å². The third-order valence-electron chi connectivity index (χ3n) is 3.65. The van der Waals surface area contributed by atoms with E-state index >= 15 is 0 Å². The van der Waals surface area contributed by atoms with Crippen molar-refractivity contribution < 1.29 is 5.21 Å². The lowest BCUT2D eigenvalue weighted by molar-refractivity contribution is 0.215. The number of piperazine rings is 1.